The zero-order chi connectivity index (χ0) is 18.8. The Morgan fingerprint density at radius 1 is 1.19 bits per heavy atom. The minimum absolute atomic E-state index is 0.0495. The summed E-state index contributed by atoms with van der Waals surface area (Å²) in [5.74, 6) is -0.245. The maximum Gasteiger partial charge on any atom is 0.254 e. The van der Waals surface area contributed by atoms with Gasteiger partial charge in [-0.1, -0.05) is 6.07 Å². The largest absolute Gasteiger partial charge is 0.378 e. The van der Waals surface area contributed by atoms with Crippen molar-refractivity contribution in [3.63, 3.8) is 0 Å². The average Bonchev–Trinajstić information content (AvgIpc) is 3.21. The third kappa shape index (κ3) is 3.29. The van der Waals surface area contributed by atoms with Crippen molar-refractivity contribution in [2.24, 2.45) is 0 Å². The molecule has 138 valence electrons. The lowest BCUT2D eigenvalue weighted by Gasteiger charge is -2.36. The number of amides is 2. The SMILES string of the molecule is N#Cc1cccc(C(=O)N2Cc3ccnn3C(C(=O)N3CCOCC3)C2)c1. The Hall–Kier alpha value is -3.18. The van der Waals surface area contributed by atoms with E-state index in [1.807, 2.05) is 12.1 Å². The zero-order valence-electron chi connectivity index (χ0n) is 14.7. The van der Waals surface area contributed by atoms with Gasteiger partial charge in [0.25, 0.3) is 5.91 Å². The van der Waals surface area contributed by atoms with E-state index in [0.717, 1.165) is 5.69 Å². The normalized spacial score (nSPS) is 19.3. The fourth-order valence-corrected chi connectivity index (χ4v) is 3.53. The quantitative estimate of drug-likeness (QED) is 0.785. The molecule has 0 spiro atoms. The first-order valence-corrected chi connectivity index (χ1v) is 8.86. The smallest absolute Gasteiger partial charge is 0.254 e. The first kappa shape index (κ1) is 17.2. The van der Waals surface area contributed by atoms with Crippen molar-refractivity contribution >= 4 is 11.8 Å². The highest BCUT2D eigenvalue weighted by atomic mass is 16.5. The van der Waals surface area contributed by atoms with E-state index in [0.29, 0.717) is 44.0 Å². The molecule has 0 radical (unpaired) electrons. The van der Waals surface area contributed by atoms with Crippen LogP contribution in [0.2, 0.25) is 0 Å². The summed E-state index contributed by atoms with van der Waals surface area (Å²) >= 11 is 0. The Kier molecular flexibility index (Phi) is 4.60. The Morgan fingerprint density at radius 3 is 2.78 bits per heavy atom. The van der Waals surface area contributed by atoms with Crippen molar-refractivity contribution in [1.82, 2.24) is 19.6 Å². The predicted octanol–water partition coefficient (Wildman–Crippen LogP) is 0.811. The monoisotopic (exact) mass is 365 g/mol. The van der Waals surface area contributed by atoms with Crippen molar-refractivity contribution < 1.29 is 14.3 Å². The van der Waals surface area contributed by atoms with Crippen LogP contribution in [0.25, 0.3) is 0 Å². The number of carbonyl (C=O) groups excluding carboxylic acids is 2. The minimum Gasteiger partial charge on any atom is -0.378 e. The fraction of sp³-hybridized carbons (Fsp3) is 0.368. The molecule has 8 heteroatoms. The van der Waals surface area contributed by atoms with Crippen LogP contribution in [0.5, 0.6) is 0 Å². The standard InChI is InChI=1S/C19H19N5O3/c20-11-14-2-1-3-15(10-14)18(25)23-12-16-4-5-21-24(16)17(13-23)19(26)22-6-8-27-9-7-22/h1-5,10,17H,6-9,12-13H2. The van der Waals surface area contributed by atoms with Crippen molar-refractivity contribution in [1.29, 1.82) is 5.26 Å². The van der Waals surface area contributed by atoms with Crippen LogP contribution >= 0.6 is 0 Å². The van der Waals surface area contributed by atoms with Crippen molar-refractivity contribution in [3.8, 4) is 6.07 Å². The van der Waals surface area contributed by atoms with Gasteiger partial charge in [-0.25, -0.2) is 0 Å². The maximum atomic E-state index is 13.0. The molecule has 1 saturated heterocycles. The number of hydrogen-bond donors (Lipinski definition) is 0. The van der Waals surface area contributed by atoms with Crippen molar-refractivity contribution in [2.75, 3.05) is 32.8 Å². The number of carbonyl (C=O) groups is 2. The summed E-state index contributed by atoms with van der Waals surface area (Å²) in [6.07, 6.45) is 1.65. The molecule has 0 bridgehead atoms. The van der Waals surface area contributed by atoms with Gasteiger partial charge in [-0.2, -0.15) is 10.4 Å². The van der Waals surface area contributed by atoms with E-state index in [-0.39, 0.29) is 18.4 Å². The Bertz CT molecular complexity index is 910. The third-order valence-electron chi connectivity index (χ3n) is 4.93. The number of aromatic nitrogens is 2. The molecule has 0 aliphatic carbocycles. The molecule has 2 amide bonds. The molecule has 27 heavy (non-hydrogen) atoms. The highest BCUT2D eigenvalue weighted by Gasteiger charge is 2.36. The van der Waals surface area contributed by atoms with Crippen LogP contribution in [0.4, 0.5) is 0 Å². The van der Waals surface area contributed by atoms with Gasteiger partial charge in [0, 0.05) is 24.8 Å². The predicted molar refractivity (Wildman–Crippen MR) is 94.6 cm³/mol. The van der Waals surface area contributed by atoms with E-state index < -0.39 is 6.04 Å². The van der Waals surface area contributed by atoms with Gasteiger partial charge in [-0.05, 0) is 24.3 Å². The van der Waals surface area contributed by atoms with E-state index >= 15 is 0 Å². The van der Waals surface area contributed by atoms with Crippen LogP contribution in [0.1, 0.15) is 27.7 Å². The lowest BCUT2D eigenvalue weighted by Crippen LogP contribution is -2.50. The van der Waals surface area contributed by atoms with E-state index in [1.54, 1.807) is 44.9 Å². The molecule has 1 unspecified atom stereocenters. The second kappa shape index (κ2) is 7.21. The molecule has 1 fully saturated rings. The summed E-state index contributed by atoms with van der Waals surface area (Å²) in [6, 6.07) is 9.94. The zero-order valence-corrected chi connectivity index (χ0v) is 14.7. The van der Waals surface area contributed by atoms with Gasteiger partial charge in [-0.15, -0.1) is 0 Å². The molecule has 0 N–H and O–H groups in total. The molecular weight excluding hydrogens is 346 g/mol. The van der Waals surface area contributed by atoms with Gasteiger partial charge in [0.05, 0.1) is 43.6 Å². The fourth-order valence-electron chi connectivity index (χ4n) is 3.53. The second-order valence-corrected chi connectivity index (χ2v) is 6.60. The number of rotatable bonds is 2. The van der Waals surface area contributed by atoms with Crippen LogP contribution in [0.3, 0.4) is 0 Å². The first-order chi connectivity index (χ1) is 13.2. The third-order valence-corrected chi connectivity index (χ3v) is 4.93. The summed E-state index contributed by atoms with van der Waals surface area (Å²) in [5, 5.41) is 13.4. The van der Waals surface area contributed by atoms with Gasteiger partial charge in [-0.3, -0.25) is 14.3 Å². The Morgan fingerprint density at radius 2 is 2.00 bits per heavy atom. The first-order valence-electron chi connectivity index (χ1n) is 8.86. The van der Waals surface area contributed by atoms with E-state index in [2.05, 4.69) is 5.10 Å². The number of nitriles is 1. The molecule has 4 rings (SSSR count). The number of hydrogen-bond acceptors (Lipinski definition) is 5. The number of benzene rings is 1. The Balaban J connectivity index is 1.60. The van der Waals surface area contributed by atoms with Crippen LogP contribution in [-0.2, 0) is 16.1 Å². The molecule has 2 aliphatic rings. The molecule has 1 aromatic carbocycles. The van der Waals surface area contributed by atoms with E-state index in [1.165, 1.54) is 0 Å². The van der Waals surface area contributed by atoms with Gasteiger partial charge in [0.2, 0.25) is 5.91 Å². The molecule has 8 nitrogen and oxygen atoms in total. The van der Waals surface area contributed by atoms with Crippen LogP contribution in [0, 0.1) is 11.3 Å². The van der Waals surface area contributed by atoms with Crippen molar-refractivity contribution in [2.45, 2.75) is 12.6 Å². The number of nitrogens with zero attached hydrogens (tertiary/aromatic N) is 5. The van der Waals surface area contributed by atoms with E-state index in [9.17, 15) is 9.59 Å². The average molecular weight is 365 g/mol. The summed E-state index contributed by atoms with van der Waals surface area (Å²) < 4.78 is 7.04. The number of fused-ring (bicyclic) bond motifs is 1. The second-order valence-electron chi connectivity index (χ2n) is 6.60. The summed E-state index contributed by atoms with van der Waals surface area (Å²) in [7, 11) is 0. The molecule has 3 heterocycles. The van der Waals surface area contributed by atoms with Gasteiger partial charge < -0.3 is 14.5 Å². The topological polar surface area (TPSA) is 91.5 Å². The van der Waals surface area contributed by atoms with Crippen LogP contribution < -0.4 is 0 Å². The molecular formula is C19H19N5O3. The van der Waals surface area contributed by atoms with Crippen LogP contribution in [-0.4, -0.2) is 64.2 Å². The molecule has 1 aromatic heterocycles. The van der Waals surface area contributed by atoms with Crippen LogP contribution in [0.15, 0.2) is 36.5 Å². The summed E-state index contributed by atoms with van der Waals surface area (Å²) in [6.45, 7) is 2.76. The molecule has 2 aliphatic heterocycles. The highest BCUT2D eigenvalue weighted by Crippen LogP contribution is 2.24. The molecule has 0 saturated carbocycles. The highest BCUT2D eigenvalue weighted by molar-refractivity contribution is 5.95. The minimum atomic E-state index is -0.551. The number of ether oxygens (including phenoxy) is 1. The maximum absolute atomic E-state index is 13.0. The summed E-state index contributed by atoms with van der Waals surface area (Å²) in [4.78, 5) is 29.5. The Labute approximate surface area is 156 Å². The van der Waals surface area contributed by atoms with Gasteiger partial charge >= 0.3 is 0 Å². The van der Waals surface area contributed by atoms with Crippen molar-refractivity contribution in [3.05, 3.63) is 53.3 Å². The summed E-state index contributed by atoms with van der Waals surface area (Å²) in [5.41, 5.74) is 1.70. The van der Waals surface area contributed by atoms with Gasteiger partial charge in [0.15, 0.2) is 0 Å². The lowest BCUT2D eigenvalue weighted by atomic mass is 10.1. The number of morpholine rings is 1. The van der Waals surface area contributed by atoms with E-state index in [4.69, 9.17) is 10.00 Å². The van der Waals surface area contributed by atoms with Gasteiger partial charge in [0.1, 0.15) is 6.04 Å². The molecule has 2 aromatic rings. The molecule has 1 atom stereocenters. The lowest BCUT2D eigenvalue weighted by molar-refractivity contribution is -0.140.